The molecule has 0 saturated heterocycles. The molecule has 0 radical (unpaired) electrons. The maximum Gasteiger partial charge on any atom is 0.172 e. The molecule has 0 aliphatic rings. The van der Waals surface area contributed by atoms with Crippen LogP contribution in [0.1, 0.15) is 29.7 Å². The zero-order valence-electron chi connectivity index (χ0n) is 13.6. The van der Waals surface area contributed by atoms with Gasteiger partial charge in [0, 0.05) is 11.6 Å². The van der Waals surface area contributed by atoms with E-state index in [1.165, 1.54) is 6.07 Å². The monoisotopic (exact) mass is 423 g/mol. The molecule has 0 spiro atoms. The number of nitrogens with one attached hydrogen (secondary N) is 1. The Balaban J connectivity index is 2.11. The first-order valence-electron chi connectivity index (χ1n) is 7.42. The summed E-state index contributed by atoms with van der Waals surface area (Å²) in [6.45, 7) is 3.48. The van der Waals surface area contributed by atoms with Crippen LogP contribution in [0.2, 0.25) is 0 Å². The second kappa shape index (κ2) is 7.76. The lowest BCUT2D eigenvalue weighted by atomic mass is 10.0. The zero-order valence-corrected chi connectivity index (χ0v) is 16.0. The fourth-order valence-electron chi connectivity index (χ4n) is 2.16. The Bertz CT molecular complexity index is 828. The first-order valence-corrected chi connectivity index (χ1v) is 8.62. The minimum atomic E-state index is -0.236. The van der Waals surface area contributed by atoms with Gasteiger partial charge in [0.05, 0.1) is 9.46 Å². The highest BCUT2D eigenvalue weighted by Gasteiger charge is 2.12. The van der Waals surface area contributed by atoms with Gasteiger partial charge in [0.25, 0.3) is 0 Å². The third kappa shape index (κ3) is 4.43. The molecule has 1 atom stereocenters. The Morgan fingerprint density at radius 2 is 1.72 bits per heavy atom. The summed E-state index contributed by atoms with van der Waals surface area (Å²) < 4.78 is 0.368. The van der Waals surface area contributed by atoms with Gasteiger partial charge in [-0.1, -0.05) is 18.3 Å². The second-order valence-electron chi connectivity index (χ2n) is 5.58. The summed E-state index contributed by atoms with van der Waals surface area (Å²) in [6.07, 6.45) is 3.34. The Kier molecular flexibility index (Phi) is 5.92. The van der Waals surface area contributed by atoms with E-state index in [1.807, 2.05) is 6.92 Å². The van der Waals surface area contributed by atoms with Gasteiger partial charge in [-0.25, -0.2) is 0 Å². The van der Waals surface area contributed by atoms with Crippen LogP contribution in [0.5, 0.6) is 23.0 Å². The van der Waals surface area contributed by atoms with Crippen molar-refractivity contribution in [2.45, 2.75) is 19.9 Å². The van der Waals surface area contributed by atoms with E-state index in [0.717, 1.165) is 0 Å². The largest absolute Gasteiger partial charge is 0.508 e. The summed E-state index contributed by atoms with van der Waals surface area (Å²) in [6, 6.07) is 5.95. The summed E-state index contributed by atoms with van der Waals surface area (Å²) in [5.41, 5.74) is 1.77. The van der Waals surface area contributed by atoms with E-state index in [-0.39, 0.29) is 29.0 Å². The van der Waals surface area contributed by atoms with Gasteiger partial charge in [0.1, 0.15) is 11.5 Å². The minimum Gasteiger partial charge on any atom is -0.508 e. The van der Waals surface area contributed by atoms with Crippen molar-refractivity contribution in [3.05, 3.63) is 51.5 Å². The zero-order chi connectivity index (χ0) is 18.7. The van der Waals surface area contributed by atoms with Gasteiger partial charge in [0.2, 0.25) is 0 Å². The van der Waals surface area contributed by atoms with Crippen molar-refractivity contribution in [2.75, 3.05) is 0 Å². The molecular weight excluding hydrogens is 406 g/mol. The number of hydrogen-bond donors (Lipinski definition) is 5. The number of thiocarbonyl (C=S) groups is 1. The molecule has 0 aromatic heterocycles. The highest BCUT2D eigenvalue weighted by molar-refractivity contribution is 9.10. The lowest BCUT2D eigenvalue weighted by Crippen LogP contribution is -2.23. The topological polar surface area (TPSA) is 93.0 Å². The maximum absolute atomic E-state index is 9.81. The van der Waals surface area contributed by atoms with Crippen LogP contribution in [0.25, 0.3) is 6.08 Å². The first-order chi connectivity index (χ1) is 11.7. The molecule has 0 saturated carbocycles. The van der Waals surface area contributed by atoms with Crippen molar-refractivity contribution in [1.82, 2.24) is 5.32 Å². The molecule has 0 aliphatic carbocycles. The molecule has 2 rings (SSSR count). The van der Waals surface area contributed by atoms with Gasteiger partial charge in [-0.3, -0.25) is 0 Å². The van der Waals surface area contributed by atoms with Crippen molar-refractivity contribution in [3.63, 3.8) is 0 Å². The van der Waals surface area contributed by atoms with Crippen molar-refractivity contribution >= 4 is 39.2 Å². The molecule has 0 bridgehead atoms. The molecule has 2 aromatic rings. The minimum absolute atomic E-state index is 0.0219. The third-order valence-corrected chi connectivity index (χ3v) is 4.86. The predicted molar refractivity (Wildman–Crippen MR) is 105 cm³/mol. The van der Waals surface area contributed by atoms with E-state index in [4.69, 9.17) is 12.2 Å². The number of phenols is 4. The Morgan fingerprint density at radius 1 is 1.12 bits per heavy atom. The highest BCUT2D eigenvalue weighted by Crippen LogP contribution is 2.36. The molecular formula is C18H18BrNO4S. The number of aromatic hydroxyl groups is 4. The van der Waals surface area contributed by atoms with E-state index in [9.17, 15) is 20.4 Å². The maximum atomic E-state index is 9.81. The van der Waals surface area contributed by atoms with Crippen molar-refractivity contribution in [1.29, 1.82) is 0 Å². The van der Waals surface area contributed by atoms with Crippen LogP contribution < -0.4 is 5.32 Å². The average molecular weight is 424 g/mol. The molecule has 0 aliphatic heterocycles. The smallest absolute Gasteiger partial charge is 0.172 e. The van der Waals surface area contributed by atoms with Crippen LogP contribution in [-0.2, 0) is 0 Å². The highest BCUT2D eigenvalue weighted by atomic mass is 79.9. The standard InChI is InChI=1S/C18H18BrNO4S/c1-9-14(22)7-12(8-15(9)23)10(2)20-16(25)6-4-11-3-5-13(21)18(24)17(11)19/h3-8,10,21-24H,1-2H3,(H,20,25)/b6-4+. The summed E-state index contributed by atoms with van der Waals surface area (Å²) in [5.74, 6) is -0.403. The van der Waals surface area contributed by atoms with Gasteiger partial charge >= 0.3 is 0 Å². The fourth-order valence-corrected chi connectivity index (χ4v) is 2.88. The molecule has 0 fully saturated rings. The van der Waals surface area contributed by atoms with E-state index >= 15 is 0 Å². The lowest BCUT2D eigenvalue weighted by molar-refractivity contribution is 0.401. The second-order valence-corrected chi connectivity index (χ2v) is 6.82. The van der Waals surface area contributed by atoms with Crippen LogP contribution in [0, 0.1) is 6.92 Å². The van der Waals surface area contributed by atoms with Crippen LogP contribution >= 0.6 is 28.1 Å². The molecule has 5 nitrogen and oxygen atoms in total. The van der Waals surface area contributed by atoms with Crippen LogP contribution in [0.4, 0.5) is 0 Å². The number of benzene rings is 2. The van der Waals surface area contributed by atoms with Gasteiger partial charge in [-0.2, -0.15) is 0 Å². The predicted octanol–water partition coefficient (Wildman–Crippen LogP) is 4.27. The summed E-state index contributed by atoms with van der Waals surface area (Å²) >= 11 is 8.48. The molecule has 0 heterocycles. The van der Waals surface area contributed by atoms with Crippen molar-refractivity contribution < 1.29 is 20.4 Å². The SMILES string of the molecule is Cc1c(O)cc(C(C)NC(=S)/C=C/c2ccc(O)c(O)c2Br)cc1O. The summed E-state index contributed by atoms with van der Waals surface area (Å²) in [7, 11) is 0. The molecule has 7 heteroatoms. The van der Waals surface area contributed by atoms with Crippen molar-refractivity contribution in [3.8, 4) is 23.0 Å². The lowest BCUT2D eigenvalue weighted by Gasteiger charge is -2.16. The number of rotatable bonds is 4. The summed E-state index contributed by atoms with van der Waals surface area (Å²) in [5, 5.41) is 41.8. The number of hydrogen-bond acceptors (Lipinski definition) is 5. The first kappa shape index (κ1) is 19.1. The van der Waals surface area contributed by atoms with E-state index in [2.05, 4.69) is 21.2 Å². The van der Waals surface area contributed by atoms with Gasteiger partial charge < -0.3 is 25.7 Å². The Hall–Kier alpha value is -2.25. The summed E-state index contributed by atoms with van der Waals surface area (Å²) in [4.78, 5) is 0.437. The molecule has 5 N–H and O–H groups in total. The molecule has 132 valence electrons. The third-order valence-electron chi connectivity index (χ3n) is 3.77. The number of phenolic OH excluding ortho intramolecular Hbond substituents is 4. The van der Waals surface area contributed by atoms with Gasteiger partial charge in [-0.15, -0.1) is 0 Å². The van der Waals surface area contributed by atoms with Gasteiger partial charge in [-0.05, 0) is 71.2 Å². The van der Waals surface area contributed by atoms with E-state index in [0.29, 0.717) is 26.2 Å². The van der Waals surface area contributed by atoms with Crippen LogP contribution in [0.3, 0.4) is 0 Å². The van der Waals surface area contributed by atoms with Crippen molar-refractivity contribution in [2.24, 2.45) is 0 Å². The molecule has 25 heavy (non-hydrogen) atoms. The number of halogens is 1. The fraction of sp³-hybridized carbons (Fsp3) is 0.167. The Morgan fingerprint density at radius 3 is 2.32 bits per heavy atom. The quantitative estimate of drug-likeness (QED) is 0.286. The molecule has 1 unspecified atom stereocenters. The van der Waals surface area contributed by atoms with Crippen LogP contribution in [0.15, 0.2) is 34.8 Å². The van der Waals surface area contributed by atoms with Gasteiger partial charge in [0.15, 0.2) is 11.5 Å². The van der Waals surface area contributed by atoms with Crippen LogP contribution in [-0.4, -0.2) is 25.4 Å². The van der Waals surface area contributed by atoms with E-state index < -0.39 is 0 Å². The molecule has 2 aromatic carbocycles. The Labute approximate surface area is 159 Å². The average Bonchev–Trinajstić information content (AvgIpc) is 2.56. The normalized spacial score (nSPS) is 12.3. The van der Waals surface area contributed by atoms with E-state index in [1.54, 1.807) is 37.3 Å². The molecule has 0 amide bonds.